The zero-order valence-electron chi connectivity index (χ0n) is 14.1. The molecular weight excluding hydrogens is 445 g/mol. The Morgan fingerprint density at radius 3 is 2.68 bits per heavy atom. The molecule has 144 valence electrons. The molecule has 7 nitrogen and oxygen atoms in total. The molecule has 0 aliphatic carbocycles. The second-order valence-corrected chi connectivity index (χ2v) is 7.71. The number of nitrogens with zero attached hydrogens (tertiary/aromatic N) is 1. The summed E-state index contributed by atoms with van der Waals surface area (Å²) in [5.41, 5.74) is 0.237. The Hall–Kier alpha value is -2.46. The smallest absolute Gasteiger partial charge is 0.273 e. The third-order valence-corrected chi connectivity index (χ3v) is 5.76. The number of halogens is 2. The number of amides is 1. The summed E-state index contributed by atoms with van der Waals surface area (Å²) in [4.78, 5) is 23.2. The molecule has 28 heavy (non-hydrogen) atoms. The standard InChI is InChI=1S/C17H11Cl2N3O4S2/c1-26-12-7-9(22(24)25)3-5-11(12)20-17(27)21-16(23)15-14(19)10-4-2-8(18)6-13(10)28-15/h2-7H,1H3,(H2,20,21,23,27). The molecule has 0 aliphatic heterocycles. The van der Waals surface area contributed by atoms with Crippen LogP contribution in [-0.4, -0.2) is 23.1 Å². The third kappa shape index (κ3) is 4.17. The van der Waals surface area contributed by atoms with E-state index in [9.17, 15) is 14.9 Å². The minimum atomic E-state index is -0.540. The summed E-state index contributed by atoms with van der Waals surface area (Å²) < 4.78 is 5.90. The van der Waals surface area contributed by atoms with Crippen molar-refractivity contribution in [3.8, 4) is 5.75 Å². The van der Waals surface area contributed by atoms with Gasteiger partial charge in [0.2, 0.25) is 0 Å². The molecular formula is C17H11Cl2N3O4S2. The van der Waals surface area contributed by atoms with Crippen LogP contribution in [0.5, 0.6) is 5.75 Å². The summed E-state index contributed by atoms with van der Waals surface area (Å²) in [6.07, 6.45) is 0. The first-order valence-corrected chi connectivity index (χ1v) is 9.60. The van der Waals surface area contributed by atoms with Crippen molar-refractivity contribution in [2.24, 2.45) is 0 Å². The van der Waals surface area contributed by atoms with E-state index in [0.717, 1.165) is 10.1 Å². The summed E-state index contributed by atoms with van der Waals surface area (Å²) in [5, 5.41) is 17.7. The van der Waals surface area contributed by atoms with Gasteiger partial charge < -0.3 is 10.1 Å². The Labute approximate surface area is 178 Å². The van der Waals surface area contributed by atoms with Crippen molar-refractivity contribution in [1.29, 1.82) is 0 Å². The number of methoxy groups -OCH3 is 1. The number of carbonyl (C=O) groups excluding carboxylic acids is 1. The number of nitrogens with one attached hydrogen (secondary N) is 2. The fourth-order valence-electron chi connectivity index (χ4n) is 2.40. The zero-order valence-corrected chi connectivity index (χ0v) is 17.3. The molecule has 1 aromatic heterocycles. The number of nitro groups is 1. The molecule has 0 unspecified atom stereocenters. The molecule has 3 aromatic rings. The number of thiocarbonyl (C=S) groups is 1. The summed E-state index contributed by atoms with van der Waals surface area (Å²) in [6.45, 7) is 0. The van der Waals surface area contributed by atoms with Crippen molar-refractivity contribution in [2.75, 3.05) is 12.4 Å². The van der Waals surface area contributed by atoms with Gasteiger partial charge in [-0.15, -0.1) is 11.3 Å². The molecule has 0 radical (unpaired) electrons. The predicted molar refractivity (Wildman–Crippen MR) is 115 cm³/mol. The van der Waals surface area contributed by atoms with Crippen LogP contribution in [0.15, 0.2) is 36.4 Å². The quantitative estimate of drug-likeness (QED) is 0.316. The van der Waals surface area contributed by atoms with E-state index in [2.05, 4.69) is 10.6 Å². The molecule has 0 saturated carbocycles. The molecule has 0 saturated heterocycles. The second kappa shape index (κ2) is 8.27. The highest BCUT2D eigenvalue weighted by Gasteiger charge is 2.19. The fourth-order valence-corrected chi connectivity index (χ4v) is 4.29. The highest BCUT2D eigenvalue weighted by Crippen LogP contribution is 2.36. The van der Waals surface area contributed by atoms with Gasteiger partial charge in [0.15, 0.2) is 5.11 Å². The van der Waals surface area contributed by atoms with Gasteiger partial charge >= 0.3 is 0 Å². The molecule has 11 heteroatoms. The molecule has 0 bridgehead atoms. The molecule has 2 aromatic carbocycles. The first kappa shape index (κ1) is 20.3. The summed E-state index contributed by atoms with van der Waals surface area (Å²) in [7, 11) is 1.37. The Kier molecular flexibility index (Phi) is 5.99. The van der Waals surface area contributed by atoms with Crippen molar-refractivity contribution in [2.45, 2.75) is 0 Å². The Morgan fingerprint density at radius 2 is 2.00 bits per heavy atom. The van der Waals surface area contributed by atoms with Crippen LogP contribution in [0.25, 0.3) is 10.1 Å². The van der Waals surface area contributed by atoms with Crippen LogP contribution in [0.1, 0.15) is 9.67 Å². The fraction of sp³-hybridized carbons (Fsp3) is 0.0588. The number of fused-ring (bicyclic) bond motifs is 1. The minimum absolute atomic E-state index is 0.0105. The topological polar surface area (TPSA) is 93.5 Å². The number of benzene rings is 2. The lowest BCUT2D eigenvalue weighted by molar-refractivity contribution is -0.384. The van der Waals surface area contributed by atoms with E-state index in [4.69, 9.17) is 40.2 Å². The molecule has 0 atom stereocenters. The average molecular weight is 456 g/mol. The van der Waals surface area contributed by atoms with Gasteiger partial charge in [0, 0.05) is 21.2 Å². The molecule has 0 fully saturated rings. The summed E-state index contributed by atoms with van der Waals surface area (Å²) >= 11 is 18.6. The first-order chi connectivity index (χ1) is 13.3. The molecule has 3 rings (SSSR count). The molecule has 1 heterocycles. The maximum atomic E-state index is 12.6. The van der Waals surface area contributed by atoms with Crippen LogP contribution in [0.4, 0.5) is 11.4 Å². The number of non-ortho nitro benzene ring substituents is 1. The molecule has 0 spiro atoms. The summed E-state index contributed by atoms with van der Waals surface area (Å²) in [5.74, 6) is -0.277. The Bertz CT molecular complexity index is 1120. The highest BCUT2D eigenvalue weighted by molar-refractivity contribution is 7.80. The maximum absolute atomic E-state index is 12.6. The third-order valence-electron chi connectivity index (χ3n) is 3.67. The lowest BCUT2D eigenvalue weighted by atomic mass is 10.2. The molecule has 1 amide bonds. The van der Waals surface area contributed by atoms with E-state index in [0.29, 0.717) is 20.6 Å². The van der Waals surface area contributed by atoms with E-state index < -0.39 is 10.8 Å². The monoisotopic (exact) mass is 455 g/mol. The average Bonchev–Trinajstić information content (AvgIpc) is 2.97. The zero-order chi connectivity index (χ0) is 20.4. The SMILES string of the molecule is COc1cc([N+](=O)[O-])ccc1NC(=S)NC(=O)c1sc2cc(Cl)ccc2c1Cl. The van der Waals surface area contributed by atoms with Gasteiger partial charge in [-0.25, -0.2) is 0 Å². The minimum Gasteiger partial charge on any atom is -0.494 e. The van der Waals surface area contributed by atoms with Crippen LogP contribution in [0.2, 0.25) is 10.0 Å². The highest BCUT2D eigenvalue weighted by atomic mass is 35.5. The van der Waals surface area contributed by atoms with Gasteiger partial charge in [0.25, 0.3) is 11.6 Å². The van der Waals surface area contributed by atoms with Crippen molar-refractivity contribution in [3.05, 3.63) is 61.4 Å². The van der Waals surface area contributed by atoms with Crippen molar-refractivity contribution in [1.82, 2.24) is 5.32 Å². The molecule has 2 N–H and O–H groups in total. The number of nitro benzene ring substituents is 1. The normalized spacial score (nSPS) is 10.5. The van der Waals surface area contributed by atoms with Gasteiger partial charge in [0.1, 0.15) is 10.6 Å². The number of ether oxygens (including phenoxy) is 1. The van der Waals surface area contributed by atoms with Gasteiger partial charge in [-0.1, -0.05) is 29.3 Å². The van der Waals surface area contributed by atoms with Crippen LogP contribution in [0, 0.1) is 10.1 Å². The number of hydrogen-bond donors (Lipinski definition) is 2. The first-order valence-electron chi connectivity index (χ1n) is 7.62. The second-order valence-electron chi connectivity index (χ2n) is 5.44. The largest absolute Gasteiger partial charge is 0.494 e. The van der Waals surface area contributed by atoms with E-state index >= 15 is 0 Å². The van der Waals surface area contributed by atoms with Crippen LogP contribution >= 0.6 is 46.8 Å². The summed E-state index contributed by atoms with van der Waals surface area (Å²) in [6, 6.07) is 9.14. The van der Waals surface area contributed by atoms with Crippen LogP contribution in [-0.2, 0) is 0 Å². The lowest BCUT2D eigenvalue weighted by Crippen LogP contribution is -2.33. The number of thiophene rings is 1. The van der Waals surface area contributed by atoms with Gasteiger partial charge in [-0.2, -0.15) is 0 Å². The Morgan fingerprint density at radius 1 is 1.25 bits per heavy atom. The predicted octanol–water partition coefficient (Wildman–Crippen LogP) is 5.25. The maximum Gasteiger partial charge on any atom is 0.273 e. The Balaban J connectivity index is 1.77. The van der Waals surface area contributed by atoms with Crippen molar-refractivity contribution in [3.63, 3.8) is 0 Å². The van der Waals surface area contributed by atoms with Crippen molar-refractivity contribution >= 4 is 79.2 Å². The van der Waals surface area contributed by atoms with Gasteiger partial charge in [-0.05, 0) is 30.4 Å². The van der Waals surface area contributed by atoms with Crippen LogP contribution in [0.3, 0.4) is 0 Å². The van der Waals surface area contributed by atoms with Crippen molar-refractivity contribution < 1.29 is 14.5 Å². The van der Waals surface area contributed by atoms with Crippen LogP contribution < -0.4 is 15.4 Å². The van der Waals surface area contributed by atoms with Gasteiger partial charge in [-0.3, -0.25) is 20.2 Å². The van der Waals surface area contributed by atoms with E-state index in [-0.39, 0.29) is 16.5 Å². The van der Waals surface area contributed by atoms with E-state index in [1.54, 1.807) is 18.2 Å². The van der Waals surface area contributed by atoms with E-state index in [1.165, 1.54) is 36.6 Å². The van der Waals surface area contributed by atoms with E-state index in [1.807, 2.05) is 0 Å². The number of rotatable bonds is 4. The lowest BCUT2D eigenvalue weighted by Gasteiger charge is -2.12. The number of anilines is 1. The van der Waals surface area contributed by atoms with Gasteiger partial charge in [0.05, 0.1) is 28.8 Å². The number of carbonyl (C=O) groups is 1. The number of hydrogen-bond acceptors (Lipinski definition) is 6. The molecule has 0 aliphatic rings.